The summed E-state index contributed by atoms with van der Waals surface area (Å²) in [5.41, 5.74) is -3.41. The molecule has 0 aliphatic carbocycles. The third-order valence-electron chi connectivity index (χ3n) is 8.37. The molecule has 1 saturated heterocycles. The predicted molar refractivity (Wildman–Crippen MR) is 177 cm³/mol. The van der Waals surface area contributed by atoms with Gasteiger partial charge in [-0.25, -0.2) is 9.97 Å². The fourth-order valence-corrected chi connectivity index (χ4v) is 5.78. The summed E-state index contributed by atoms with van der Waals surface area (Å²) in [4.78, 5) is 22.3. The van der Waals surface area contributed by atoms with Crippen LogP contribution in [-0.4, -0.2) is 61.1 Å². The first-order valence-electron chi connectivity index (χ1n) is 16.3. The summed E-state index contributed by atoms with van der Waals surface area (Å²) >= 11 is 0. The normalized spacial score (nSPS) is 13.9. The molecule has 0 saturated carbocycles. The standard InChI is InChI=1S/C36H33F9N4O5/c1-52-31-7-5-27(48-8-11-53-12-9-48)17-30(31)29-6-4-24(34(37,38)39)15-23(29)21-49(33-46-18-28(19-47-33)54-10-2-3-32(50)51)20-22-13-25(35(40,41)42)16-26(14-22)36(43,44)45/h4-7,13-19H,2-3,8-12,20-21H2,1H3,(H,50,51). The number of anilines is 2. The van der Waals surface area contributed by atoms with Crippen molar-refractivity contribution in [3.8, 4) is 22.6 Å². The fourth-order valence-electron chi connectivity index (χ4n) is 5.78. The van der Waals surface area contributed by atoms with Gasteiger partial charge < -0.3 is 29.1 Å². The Balaban J connectivity index is 1.62. The number of alkyl halides is 9. The van der Waals surface area contributed by atoms with Crippen LogP contribution in [0.4, 0.5) is 51.1 Å². The number of carboxylic acids is 1. The number of aliphatic carboxylic acids is 1. The summed E-state index contributed by atoms with van der Waals surface area (Å²) in [5.74, 6) is -0.973. The molecule has 4 aromatic rings. The van der Waals surface area contributed by atoms with Gasteiger partial charge in [0.1, 0.15) is 5.75 Å². The van der Waals surface area contributed by atoms with Crippen LogP contribution >= 0.6 is 0 Å². The number of carboxylic acid groups (broad SMARTS) is 1. The first-order chi connectivity index (χ1) is 25.4. The summed E-state index contributed by atoms with van der Waals surface area (Å²) < 4.78 is 142. The molecule has 1 N–H and O–H groups in total. The Morgan fingerprint density at radius 3 is 2.02 bits per heavy atom. The molecule has 0 bridgehead atoms. The van der Waals surface area contributed by atoms with Crippen LogP contribution in [-0.2, 0) is 41.1 Å². The van der Waals surface area contributed by atoms with Crippen LogP contribution in [0.5, 0.6) is 11.5 Å². The summed E-state index contributed by atoms with van der Waals surface area (Å²) in [7, 11) is 1.37. The number of methoxy groups -OCH3 is 1. The smallest absolute Gasteiger partial charge is 0.416 e. The molecule has 1 aromatic heterocycles. The van der Waals surface area contributed by atoms with Gasteiger partial charge in [-0.1, -0.05) is 6.07 Å². The Labute approximate surface area is 302 Å². The van der Waals surface area contributed by atoms with Gasteiger partial charge in [-0.2, -0.15) is 39.5 Å². The molecule has 0 atom stereocenters. The van der Waals surface area contributed by atoms with Crippen molar-refractivity contribution >= 4 is 17.6 Å². The zero-order valence-electron chi connectivity index (χ0n) is 28.5. The second-order valence-corrected chi connectivity index (χ2v) is 12.2. The molecule has 0 radical (unpaired) electrons. The molecule has 1 aliphatic rings. The van der Waals surface area contributed by atoms with Gasteiger partial charge in [0.2, 0.25) is 5.95 Å². The molecule has 1 aliphatic heterocycles. The number of hydrogen-bond acceptors (Lipinski definition) is 8. The number of ether oxygens (including phenoxy) is 3. The Hall–Kier alpha value is -5.26. The molecular formula is C36H33F9N4O5. The van der Waals surface area contributed by atoms with E-state index >= 15 is 0 Å². The number of carbonyl (C=O) groups is 1. The van der Waals surface area contributed by atoms with Gasteiger partial charge in [-0.3, -0.25) is 4.79 Å². The van der Waals surface area contributed by atoms with Crippen molar-refractivity contribution in [1.82, 2.24) is 9.97 Å². The molecule has 2 heterocycles. The van der Waals surface area contributed by atoms with Crippen LogP contribution in [0.3, 0.4) is 0 Å². The lowest BCUT2D eigenvalue weighted by Crippen LogP contribution is -2.36. The lowest BCUT2D eigenvalue weighted by Gasteiger charge is -2.30. The average Bonchev–Trinajstić information content (AvgIpc) is 3.12. The van der Waals surface area contributed by atoms with Crippen LogP contribution < -0.4 is 19.3 Å². The van der Waals surface area contributed by atoms with E-state index in [1.165, 1.54) is 13.2 Å². The average molecular weight is 773 g/mol. The van der Waals surface area contributed by atoms with E-state index in [1.54, 1.807) is 18.2 Å². The van der Waals surface area contributed by atoms with E-state index in [0.717, 1.165) is 29.4 Å². The highest BCUT2D eigenvalue weighted by atomic mass is 19.4. The van der Waals surface area contributed by atoms with Crippen LogP contribution in [0.2, 0.25) is 0 Å². The minimum atomic E-state index is -5.16. The third kappa shape index (κ3) is 10.2. The van der Waals surface area contributed by atoms with Crippen LogP contribution in [0.15, 0.2) is 67.0 Å². The number of halogens is 9. The molecule has 54 heavy (non-hydrogen) atoms. The first-order valence-corrected chi connectivity index (χ1v) is 16.3. The quantitative estimate of drug-likeness (QED) is 0.106. The van der Waals surface area contributed by atoms with Crippen LogP contribution in [0, 0.1) is 0 Å². The minimum absolute atomic E-state index is 0.0251. The van der Waals surface area contributed by atoms with Gasteiger partial charge in [-0.05, 0) is 71.6 Å². The highest BCUT2D eigenvalue weighted by molar-refractivity contribution is 5.78. The SMILES string of the molecule is COc1ccc(N2CCOCC2)cc1-c1ccc(C(F)(F)F)cc1CN(Cc1cc(C(F)(F)F)cc(C(F)(F)F)c1)c1ncc(OCCCC(=O)O)cn1. The molecule has 3 aromatic carbocycles. The molecule has 290 valence electrons. The number of morpholine rings is 1. The maximum atomic E-state index is 14.1. The highest BCUT2D eigenvalue weighted by Crippen LogP contribution is 2.41. The molecule has 1 fully saturated rings. The molecule has 0 spiro atoms. The zero-order valence-corrected chi connectivity index (χ0v) is 28.5. The van der Waals surface area contributed by atoms with Crippen molar-refractivity contribution in [2.75, 3.05) is 49.8 Å². The summed E-state index contributed by atoms with van der Waals surface area (Å²) in [6.45, 7) is 0.689. The summed E-state index contributed by atoms with van der Waals surface area (Å²) in [5, 5.41) is 8.84. The molecule has 0 amide bonds. The Morgan fingerprint density at radius 1 is 0.815 bits per heavy atom. The largest absolute Gasteiger partial charge is 0.496 e. The van der Waals surface area contributed by atoms with E-state index in [-0.39, 0.29) is 54.1 Å². The third-order valence-corrected chi connectivity index (χ3v) is 8.37. The Morgan fingerprint density at radius 2 is 1.44 bits per heavy atom. The number of aromatic nitrogens is 2. The highest BCUT2D eigenvalue weighted by Gasteiger charge is 2.37. The molecular weight excluding hydrogens is 739 g/mol. The van der Waals surface area contributed by atoms with E-state index in [9.17, 15) is 44.3 Å². The van der Waals surface area contributed by atoms with Crippen molar-refractivity contribution in [1.29, 1.82) is 0 Å². The van der Waals surface area contributed by atoms with Gasteiger partial charge in [0.15, 0.2) is 5.75 Å². The van der Waals surface area contributed by atoms with Crippen molar-refractivity contribution < 1.29 is 63.6 Å². The maximum absolute atomic E-state index is 14.1. The van der Waals surface area contributed by atoms with Crippen LogP contribution in [0.1, 0.15) is 40.7 Å². The number of nitrogens with zero attached hydrogens (tertiary/aromatic N) is 4. The lowest BCUT2D eigenvalue weighted by atomic mass is 9.95. The van der Waals surface area contributed by atoms with E-state index < -0.39 is 59.8 Å². The summed E-state index contributed by atoms with van der Waals surface area (Å²) in [6.07, 6.45) is -12.9. The Bertz CT molecular complexity index is 1880. The number of hydrogen-bond donors (Lipinski definition) is 1. The van der Waals surface area contributed by atoms with E-state index in [0.29, 0.717) is 49.7 Å². The van der Waals surface area contributed by atoms with Crippen molar-refractivity contribution in [2.45, 2.75) is 44.5 Å². The fraction of sp³-hybridized carbons (Fsp3) is 0.361. The molecule has 5 rings (SSSR count). The second kappa shape index (κ2) is 16.4. The predicted octanol–water partition coefficient (Wildman–Crippen LogP) is 8.50. The van der Waals surface area contributed by atoms with E-state index in [1.807, 2.05) is 4.90 Å². The first kappa shape index (κ1) is 39.9. The van der Waals surface area contributed by atoms with Gasteiger partial charge in [0.25, 0.3) is 0 Å². The monoisotopic (exact) mass is 772 g/mol. The molecule has 18 heteroatoms. The summed E-state index contributed by atoms with van der Waals surface area (Å²) in [6, 6.07) is 9.06. The molecule has 0 unspecified atom stereocenters. The zero-order chi connectivity index (χ0) is 39.3. The van der Waals surface area contributed by atoms with Crippen LogP contribution in [0.25, 0.3) is 11.1 Å². The van der Waals surface area contributed by atoms with Gasteiger partial charge in [-0.15, -0.1) is 0 Å². The van der Waals surface area contributed by atoms with Gasteiger partial charge in [0.05, 0.1) is 56.0 Å². The molecule has 9 nitrogen and oxygen atoms in total. The van der Waals surface area contributed by atoms with Crippen molar-refractivity contribution in [3.63, 3.8) is 0 Å². The van der Waals surface area contributed by atoms with Crippen molar-refractivity contribution in [2.24, 2.45) is 0 Å². The number of rotatable bonds is 13. The van der Waals surface area contributed by atoms with E-state index in [4.69, 9.17) is 19.3 Å². The topological polar surface area (TPSA) is 97.2 Å². The van der Waals surface area contributed by atoms with Gasteiger partial charge >= 0.3 is 24.5 Å². The van der Waals surface area contributed by atoms with E-state index in [2.05, 4.69) is 9.97 Å². The lowest BCUT2D eigenvalue weighted by molar-refractivity contribution is -0.143. The van der Waals surface area contributed by atoms with Crippen molar-refractivity contribution in [3.05, 3.63) is 94.8 Å². The minimum Gasteiger partial charge on any atom is -0.496 e. The Kier molecular flexibility index (Phi) is 12.1. The van der Waals surface area contributed by atoms with Gasteiger partial charge in [0, 0.05) is 43.9 Å². The number of benzene rings is 3. The maximum Gasteiger partial charge on any atom is 0.416 e. The second-order valence-electron chi connectivity index (χ2n) is 12.2.